The molecule has 0 nitrogen and oxygen atoms in total. The van der Waals surface area contributed by atoms with Crippen LogP contribution in [0.4, 0.5) is 0 Å². The number of halogens is 1. The minimum absolute atomic E-state index is 0.312. The fraction of sp³-hybridized carbons (Fsp3) is 0.600. The molecule has 1 unspecified atom stereocenters. The summed E-state index contributed by atoms with van der Waals surface area (Å²) in [6, 6.07) is 9.06. The standard InChI is InChI=1S/C15H23Br/c1-5-7-12-8-10-13(11-9-12)14(16)15(3,4)6-2/h8-11,14H,5-7H2,1-4H3. The molecule has 16 heavy (non-hydrogen) atoms. The predicted octanol–water partition coefficient (Wildman–Crippen LogP) is 5.51. The maximum atomic E-state index is 3.83. The second-order valence-corrected chi connectivity index (χ2v) is 6.11. The van der Waals surface area contributed by atoms with E-state index < -0.39 is 0 Å². The van der Waals surface area contributed by atoms with Crippen LogP contribution in [0.5, 0.6) is 0 Å². The Morgan fingerprint density at radius 3 is 2.12 bits per heavy atom. The monoisotopic (exact) mass is 282 g/mol. The van der Waals surface area contributed by atoms with Crippen LogP contribution < -0.4 is 0 Å². The van der Waals surface area contributed by atoms with Crippen LogP contribution in [0.15, 0.2) is 24.3 Å². The first-order valence-electron chi connectivity index (χ1n) is 6.24. The van der Waals surface area contributed by atoms with E-state index in [1.807, 2.05) is 0 Å². The summed E-state index contributed by atoms with van der Waals surface area (Å²) in [5, 5.41) is 0. The molecule has 0 aliphatic heterocycles. The first kappa shape index (κ1) is 13.8. The normalized spacial score (nSPS) is 13.8. The summed E-state index contributed by atoms with van der Waals surface area (Å²) in [5.41, 5.74) is 3.15. The minimum atomic E-state index is 0.312. The van der Waals surface area contributed by atoms with E-state index in [4.69, 9.17) is 0 Å². The summed E-state index contributed by atoms with van der Waals surface area (Å²) >= 11 is 3.83. The average Bonchev–Trinajstić information content (AvgIpc) is 2.29. The molecule has 0 saturated heterocycles. The largest absolute Gasteiger partial charge is 0.0833 e. The van der Waals surface area contributed by atoms with Crippen LogP contribution >= 0.6 is 15.9 Å². The molecule has 1 aromatic rings. The Kier molecular flexibility index (Phi) is 5.04. The maximum absolute atomic E-state index is 3.83. The van der Waals surface area contributed by atoms with Crippen LogP contribution in [0.2, 0.25) is 0 Å². The average molecular weight is 283 g/mol. The van der Waals surface area contributed by atoms with Crippen LogP contribution in [-0.2, 0) is 6.42 Å². The Balaban J connectivity index is 2.81. The molecule has 0 fully saturated rings. The lowest BCUT2D eigenvalue weighted by Gasteiger charge is -2.29. The number of aryl methyl sites for hydroxylation is 1. The number of benzene rings is 1. The molecule has 0 aliphatic rings. The molecular formula is C15H23Br. The van der Waals surface area contributed by atoms with Gasteiger partial charge < -0.3 is 0 Å². The van der Waals surface area contributed by atoms with E-state index >= 15 is 0 Å². The number of hydrogen-bond acceptors (Lipinski definition) is 0. The summed E-state index contributed by atoms with van der Waals surface area (Å²) in [6.45, 7) is 9.10. The summed E-state index contributed by atoms with van der Waals surface area (Å²) in [6.07, 6.45) is 3.58. The van der Waals surface area contributed by atoms with Gasteiger partial charge in [-0.1, -0.05) is 74.3 Å². The zero-order valence-corrected chi connectivity index (χ0v) is 12.5. The van der Waals surface area contributed by atoms with Crippen LogP contribution in [0.3, 0.4) is 0 Å². The third kappa shape index (κ3) is 3.35. The van der Waals surface area contributed by atoms with E-state index in [0.717, 1.165) is 0 Å². The van der Waals surface area contributed by atoms with Gasteiger partial charge in [0.1, 0.15) is 0 Å². The minimum Gasteiger partial charge on any atom is -0.0833 e. The Morgan fingerprint density at radius 2 is 1.69 bits per heavy atom. The van der Waals surface area contributed by atoms with Crippen molar-refractivity contribution in [3.63, 3.8) is 0 Å². The highest BCUT2D eigenvalue weighted by Gasteiger charge is 2.26. The van der Waals surface area contributed by atoms with Crippen molar-refractivity contribution in [1.82, 2.24) is 0 Å². The number of rotatable bonds is 5. The summed E-state index contributed by atoms with van der Waals surface area (Å²) in [4.78, 5) is 0.445. The molecular weight excluding hydrogens is 260 g/mol. The fourth-order valence-electron chi connectivity index (χ4n) is 1.77. The van der Waals surface area contributed by atoms with Gasteiger partial charge in [-0.15, -0.1) is 0 Å². The highest BCUT2D eigenvalue weighted by atomic mass is 79.9. The molecule has 1 heteroatoms. The molecule has 1 aromatic carbocycles. The molecule has 0 saturated carbocycles. The lowest BCUT2D eigenvalue weighted by molar-refractivity contribution is 0.346. The van der Waals surface area contributed by atoms with Crippen LogP contribution in [-0.4, -0.2) is 0 Å². The molecule has 0 N–H and O–H groups in total. The third-order valence-electron chi connectivity index (χ3n) is 3.41. The Labute approximate surface area is 109 Å². The highest BCUT2D eigenvalue weighted by molar-refractivity contribution is 9.09. The van der Waals surface area contributed by atoms with Crippen LogP contribution in [0.1, 0.15) is 56.5 Å². The van der Waals surface area contributed by atoms with Crippen molar-refractivity contribution in [2.45, 2.75) is 51.8 Å². The quantitative estimate of drug-likeness (QED) is 0.625. The first-order valence-corrected chi connectivity index (χ1v) is 7.15. The van der Waals surface area contributed by atoms with Gasteiger partial charge in [-0.2, -0.15) is 0 Å². The summed E-state index contributed by atoms with van der Waals surface area (Å²) in [5.74, 6) is 0. The third-order valence-corrected chi connectivity index (χ3v) is 5.18. The van der Waals surface area contributed by atoms with Gasteiger partial charge in [-0.25, -0.2) is 0 Å². The first-order chi connectivity index (χ1) is 7.51. The van der Waals surface area contributed by atoms with Gasteiger partial charge in [0.25, 0.3) is 0 Å². The van der Waals surface area contributed by atoms with Crippen molar-refractivity contribution in [3.05, 3.63) is 35.4 Å². The SMILES string of the molecule is CCCc1ccc(C(Br)C(C)(C)CC)cc1. The molecule has 0 aromatic heterocycles. The molecule has 0 heterocycles. The predicted molar refractivity (Wildman–Crippen MR) is 76.2 cm³/mol. The summed E-state index contributed by atoms with van der Waals surface area (Å²) < 4.78 is 0. The number of alkyl halides is 1. The smallest absolute Gasteiger partial charge is 0.0446 e. The van der Waals surface area contributed by atoms with Crippen molar-refractivity contribution in [1.29, 1.82) is 0 Å². The van der Waals surface area contributed by atoms with Gasteiger partial charge in [-0.3, -0.25) is 0 Å². The Hall–Kier alpha value is -0.300. The molecule has 0 spiro atoms. The van der Waals surface area contributed by atoms with Gasteiger partial charge in [0.15, 0.2) is 0 Å². The molecule has 1 atom stereocenters. The van der Waals surface area contributed by atoms with E-state index in [9.17, 15) is 0 Å². The van der Waals surface area contributed by atoms with E-state index in [2.05, 4.69) is 67.9 Å². The topological polar surface area (TPSA) is 0 Å². The zero-order chi connectivity index (χ0) is 12.2. The van der Waals surface area contributed by atoms with Crippen molar-refractivity contribution in [2.75, 3.05) is 0 Å². The van der Waals surface area contributed by atoms with Gasteiger partial charge >= 0.3 is 0 Å². The van der Waals surface area contributed by atoms with Crippen molar-refractivity contribution >= 4 is 15.9 Å². The molecule has 0 amide bonds. The van der Waals surface area contributed by atoms with E-state index in [1.165, 1.54) is 30.4 Å². The molecule has 0 aliphatic carbocycles. The van der Waals surface area contributed by atoms with Crippen molar-refractivity contribution < 1.29 is 0 Å². The highest BCUT2D eigenvalue weighted by Crippen LogP contribution is 2.42. The lowest BCUT2D eigenvalue weighted by atomic mass is 9.83. The Bertz CT molecular complexity index is 311. The van der Waals surface area contributed by atoms with Gasteiger partial charge in [0.2, 0.25) is 0 Å². The maximum Gasteiger partial charge on any atom is 0.0446 e. The Morgan fingerprint density at radius 1 is 1.12 bits per heavy atom. The van der Waals surface area contributed by atoms with Crippen molar-refractivity contribution in [2.24, 2.45) is 5.41 Å². The number of hydrogen-bond donors (Lipinski definition) is 0. The molecule has 90 valence electrons. The second-order valence-electron chi connectivity index (χ2n) is 5.20. The van der Waals surface area contributed by atoms with Gasteiger partial charge in [-0.05, 0) is 29.4 Å². The van der Waals surface area contributed by atoms with E-state index in [-0.39, 0.29) is 0 Å². The van der Waals surface area contributed by atoms with Gasteiger partial charge in [0.05, 0.1) is 0 Å². The fourth-order valence-corrected chi connectivity index (χ4v) is 2.40. The second kappa shape index (κ2) is 5.86. The van der Waals surface area contributed by atoms with E-state index in [1.54, 1.807) is 0 Å². The molecule has 0 radical (unpaired) electrons. The molecule has 1 rings (SSSR count). The molecule has 0 bridgehead atoms. The summed E-state index contributed by atoms with van der Waals surface area (Å²) in [7, 11) is 0. The van der Waals surface area contributed by atoms with Crippen molar-refractivity contribution in [3.8, 4) is 0 Å². The zero-order valence-electron chi connectivity index (χ0n) is 10.9. The van der Waals surface area contributed by atoms with Crippen LogP contribution in [0, 0.1) is 5.41 Å². The van der Waals surface area contributed by atoms with Gasteiger partial charge in [0, 0.05) is 4.83 Å². The van der Waals surface area contributed by atoms with Crippen LogP contribution in [0.25, 0.3) is 0 Å². The lowest BCUT2D eigenvalue weighted by Crippen LogP contribution is -2.16. The van der Waals surface area contributed by atoms with E-state index in [0.29, 0.717) is 10.2 Å².